The highest BCUT2D eigenvalue weighted by Crippen LogP contribution is 2.35. The van der Waals surface area contributed by atoms with Gasteiger partial charge in [-0.25, -0.2) is 13.4 Å². The van der Waals surface area contributed by atoms with E-state index in [0.717, 1.165) is 17.4 Å². The normalized spacial score (nSPS) is 16.9. The van der Waals surface area contributed by atoms with Crippen LogP contribution in [-0.4, -0.2) is 31.3 Å². The average molecular weight is 385 g/mol. The molecule has 1 aliphatic heterocycles. The van der Waals surface area contributed by atoms with Gasteiger partial charge in [0.1, 0.15) is 0 Å². The molecular weight excluding hydrogens is 362 g/mol. The quantitative estimate of drug-likeness (QED) is 0.856. The van der Waals surface area contributed by atoms with Crippen molar-refractivity contribution in [3.63, 3.8) is 0 Å². The maximum absolute atomic E-state index is 12.5. The Bertz CT molecular complexity index is 999. The van der Waals surface area contributed by atoms with Gasteiger partial charge in [0, 0.05) is 18.4 Å². The molecule has 0 radical (unpaired) electrons. The molecule has 27 heavy (non-hydrogen) atoms. The van der Waals surface area contributed by atoms with Crippen molar-refractivity contribution in [2.45, 2.75) is 32.7 Å². The first-order chi connectivity index (χ1) is 12.8. The summed E-state index contributed by atoms with van der Waals surface area (Å²) in [7, 11) is -3.42. The van der Waals surface area contributed by atoms with Crippen molar-refractivity contribution in [2.24, 2.45) is 5.10 Å². The third-order valence-electron chi connectivity index (χ3n) is 4.43. The smallest absolute Gasteiger partial charge is 0.242 e. The first-order valence-corrected chi connectivity index (χ1v) is 10.7. The molecular formula is C20H23N3O3S. The fourth-order valence-corrected chi connectivity index (χ4v) is 3.80. The second-order valence-corrected chi connectivity index (χ2v) is 8.44. The number of nitrogens with zero attached hydrogens (tertiary/aromatic N) is 2. The summed E-state index contributed by atoms with van der Waals surface area (Å²) in [5.74, 6) is -0.0648. The van der Waals surface area contributed by atoms with Crippen LogP contribution >= 0.6 is 0 Å². The molecule has 0 spiro atoms. The Morgan fingerprint density at radius 1 is 1.22 bits per heavy atom. The minimum Gasteiger partial charge on any atom is -0.283 e. The topological polar surface area (TPSA) is 78.8 Å². The minimum atomic E-state index is -3.42. The molecule has 0 saturated heterocycles. The van der Waals surface area contributed by atoms with Gasteiger partial charge in [-0.1, -0.05) is 55.0 Å². The van der Waals surface area contributed by atoms with Crippen molar-refractivity contribution < 1.29 is 13.2 Å². The van der Waals surface area contributed by atoms with Gasteiger partial charge >= 0.3 is 0 Å². The van der Waals surface area contributed by atoms with E-state index in [-0.39, 0.29) is 11.9 Å². The molecule has 0 saturated carbocycles. The number of anilines is 1. The van der Waals surface area contributed by atoms with Crippen LogP contribution in [0.15, 0.2) is 53.6 Å². The molecule has 1 N–H and O–H groups in total. The van der Waals surface area contributed by atoms with Gasteiger partial charge in [-0.15, -0.1) is 0 Å². The number of rotatable bonds is 5. The highest BCUT2D eigenvalue weighted by Gasteiger charge is 2.33. The second kappa shape index (κ2) is 7.52. The molecule has 1 unspecified atom stereocenters. The Kier molecular flexibility index (Phi) is 5.32. The zero-order chi connectivity index (χ0) is 19.6. The van der Waals surface area contributed by atoms with E-state index in [1.165, 1.54) is 5.01 Å². The van der Waals surface area contributed by atoms with Crippen LogP contribution in [0.2, 0.25) is 0 Å². The summed E-state index contributed by atoms with van der Waals surface area (Å²) >= 11 is 0. The summed E-state index contributed by atoms with van der Waals surface area (Å²) < 4.78 is 25.9. The molecule has 1 atom stereocenters. The second-order valence-electron chi connectivity index (χ2n) is 6.69. The van der Waals surface area contributed by atoms with Crippen molar-refractivity contribution in [1.29, 1.82) is 0 Å². The predicted octanol–water partition coefficient (Wildman–Crippen LogP) is 3.45. The van der Waals surface area contributed by atoms with Crippen molar-refractivity contribution in [3.05, 3.63) is 65.2 Å². The van der Waals surface area contributed by atoms with Crippen LogP contribution in [0.1, 0.15) is 42.5 Å². The zero-order valence-corrected chi connectivity index (χ0v) is 16.5. The van der Waals surface area contributed by atoms with E-state index in [2.05, 4.69) is 15.9 Å². The Hall–Kier alpha value is -2.67. The van der Waals surface area contributed by atoms with Crippen molar-refractivity contribution >= 4 is 27.3 Å². The van der Waals surface area contributed by atoms with Gasteiger partial charge in [0.2, 0.25) is 15.9 Å². The number of aryl methyl sites for hydroxylation is 1. The number of nitrogens with one attached hydrogen (secondary N) is 1. The van der Waals surface area contributed by atoms with E-state index >= 15 is 0 Å². The zero-order valence-electron chi connectivity index (χ0n) is 15.6. The number of benzene rings is 2. The summed E-state index contributed by atoms with van der Waals surface area (Å²) in [5, 5.41) is 6.10. The third-order valence-corrected chi connectivity index (χ3v) is 5.02. The number of carbonyl (C=O) groups is 1. The Morgan fingerprint density at radius 2 is 1.96 bits per heavy atom. The van der Waals surface area contributed by atoms with Crippen molar-refractivity contribution in [2.75, 3.05) is 11.0 Å². The molecule has 1 aliphatic rings. The summed E-state index contributed by atoms with van der Waals surface area (Å²) in [6, 6.07) is 14.9. The van der Waals surface area contributed by atoms with Crippen LogP contribution in [0.25, 0.3) is 0 Å². The van der Waals surface area contributed by atoms with Crippen molar-refractivity contribution in [3.8, 4) is 0 Å². The molecule has 2 aromatic carbocycles. The molecule has 1 heterocycles. The summed E-state index contributed by atoms with van der Waals surface area (Å²) in [6.07, 6.45) is 1.99. The monoisotopic (exact) mass is 385 g/mol. The molecule has 7 heteroatoms. The maximum Gasteiger partial charge on any atom is 0.242 e. The summed E-state index contributed by atoms with van der Waals surface area (Å²) in [5.41, 5.74) is 3.97. The van der Waals surface area contributed by atoms with E-state index in [4.69, 9.17) is 0 Å². The van der Waals surface area contributed by atoms with Gasteiger partial charge in [0.05, 0.1) is 23.7 Å². The molecule has 0 aliphatic carbocycles. The van der Waals surface area contributed by atoms with Crippen LogP contribution < -0.4 is 4.72 Å². The first kappa shape index (κ1) is 19.1. The number of para-hydroxylation sites is 1. The lowest BCUT2D eigenvalue weighted by Gasteiger charge is -2.21. The molecule has 0 bridgehead atoms. The fourth-order valence-electron chi connectivity index (χ4n) is 3.23. The Balaban J connectivity index is 2.02. The standard InChI is InChI=1S/C20H23N3O3S/c1-4-20(24)23-19(15-9-7-8-14(2)12-15)13-18(21-23)16-10-5-6-11-17(16)22-27(3,25)26/h5-12,19,22H,4,13H2,1-3H3. The number of carbonyl (C=O) groups excluding carboxylic acids is 1. The Morgan fingerprint density at radius 3 is 2.63 bits per heavy atom. The highest BCUT2D eigenvalue weighted by molar-refractivity contribution is 7.92. The van der Waals surface area contributed by atoms with Gasteiger partial charge in [-0.3, -0.25) is 9.52 Å². The SMILES string of the molecule is CCC(=O)N1N=C(c2ccccc2NS(C)(=O)=O)CC1c1cccc(C)c1. The molecule has 1 amide bonds. The molecule has 6 nitrogen and oxygen atoms in total. The summed E-state index contributed by atoms with van der Waals surface area (Å²) in [6.45, 7) is 3.82. The minimum absolute atomic E-state index is 0.0648. The van der Waals surface area contributed by atoms with E-state index in [0.29, 0.717) is 29.8 Å². The number of hydrogen-bond acceptors (Lipinski definition) is 4. The Labute approximate surface area is 159 Å². The molecule has 2 aromatic rings. The lowest BCUT2D eigenvalue weighted by Crippen LogP contribution is -2.26. The number of hydrogen-bond donors (Lipinski definition) is 1. The van der Waals surface area contributed by atoms with Gasteiger partial charge in [-0.2, -0.15) is 5.10 Å². The van der Waals surface area contributed by atoms with Gasteiger partial charge < -0.3 is 0 Å². The van der Waals surface area contributed by atoms with Crippen LogP contribution in [0.3, 0.4) is 0 Å². The molecule has 0 fully saturated rings. The molecule has 0 aromatic heterocycles. The maximum atomic E-state index is 12.5. The third kappa shape index (κ3) is 4.36. The fraction of sp³-hybridized carbons (Fsp3) is 0.300. The molecule has 142 valence electrons. The van der Waals surface area contributed by atoms with E-state index in [1.807, 2.05) is 44.2 Å². The summed E-state index contributed by atoms with van der Waals surface area (Å²) in [4.78, 5) is 12.5. The average Bonchev–Trinajstić information content (AvgIpc) is 3.05. The van der Waals surface area contributed by atoms with E-state index in [1.54, 1.807) is 12.1 Å². The van der Waals surface area contributed by atoms with E-state index in [9.17, 15) is 13.2 Å². The highest BCUT2D eigenvalue weighted by atomic mass is 32.2. The van der Waals surface area contributed by atoms with Crippen LogP contribution in [0, 0.1) is 6.92 Å². The van der Waals surface area contributed by atoms with Crippen LogP contribution in [0.5, 0.6) is 0 Å². The van der Waals surface area contributed by atoms with Gasteiger partial charge in [-0.05, 0) is 18.6 Å². The largest absolute Gasteiger partial charge is 0.283 e. The van der Waals surface area contributed by atoms with Crippen molar-refractivity contribution in [1.82, 2.24) is 5.01 Å². The lowest BCUT2D eigenvalue weighted by molar-refractivity contribution is -0.132. The van der Waals surface area contributed by atoms with E-state index < -0.39 is 10.0 Å². The molecule has 3 rings (SSSR count). The number of hydrazone groups is 1. The van der Waals surface area contributed by atoms with Gasteiger partial charge in [0.25, 0.3) is 0 Å². The lowest BCUT2D eigenvalue weighted by atomic mass is 9.96. The first-order valence-electron chi connectivity index (χ1n) is 8.82. The number of amides is 1. The van der Waals surface area contributed by atoms with Gasteiger partial charge in [0.15, 0.2) is 0 Å². The number of sulfonamides is 1. The van der Waals surface area contributed by atoms with Crippen LogP contribution in [0.4, 0.5) is 5.69 Å². The van der Waals surface area contributed by atoms with Crippen LogP contribution in [-0.2, 0) is 14.8 Å². The predicted molar refractivity (Wildman–Crippen MR) is 107 cm³/mol.